The maximum absolute atomic E-state index is 13.3. The van der Waals surface area contributed by atoms with Crippen molar-refractivity contribution in [3.8, 4) is 0 Å². The summed E-state index contributed by atoms with van der Waals surface area (Å²) in [5.41, 5.74) is -3.27. The number of urea groups is 1. The zero-order valence-electron chi connectivity index (χ0n) is 15.3. The fraction of sp³-hybridized carbons (Fsp3) is 0.500. The van der Waals surface area contributed by atoms with Gasteiger partial charge in [0.15, 0.2) is 0 Å². The van der Waals surface area contributed by atoms with Gasteiger partial charge >= 0.3 is 12.2 Å². The molecule has 2 N–H and O–H groups in total. The number of carbonyl (C=O) groups excluding carboxylic acids is 3. The van der Waals surface area contributed by atoms with E-state index >= 15 is 0 Å². The molecule has 2 rings (SSSR count). The first-order valence-corrected chi connectivity index (χ1v) is 8.54. The lowest BCUT2D eigenvalue weighted by Gasteiger charge is -2.25. The number of alkyl halides is 3. The Morgan fingerprint density at radius 3 is 2.48 bits per heavy atom. The number of benzene rings is 1. The van der Waals surface area contributed by atoms with E-state index in [0.29, 0.717) is 17.4 Å². The van der Waals surface area contributed by atoms with Crippen molar-refractivity contribution in [1.29, 1.82) is 0 Å². The summed E-state index contributed by atoms with van der Waals surface area (Å²) in [5.74, 6) is -1.08. The molecule has 1 fully saturated rings. The maximum atomic E-state index is 13.3. The quantitative estimate of drug-likeness (QED) is 0.739. The zero-order valence-corrected chi connectivity index (χ0v) is 15.3. The molecule has 148 valence electrons. The molecule has 1 aliphatic rings. The summed E-state index contributed by atoms with van der Waals surface area (Å²) in [5, 5.41) is 4.89. The van der Waals surface area contributed by atoms with Crippen LogP contribution in [0.1, 0.15) is 38.3 Å². The first kappa shape index (κ1) is 20.7. The Labute approximate surface area is 155 Å². The molecule has 0 aliphatic carbocycles. The van der Waals surface area contributed by atoms with Crippen LogP contribution in [-0.2, 0) is 21.3 Å². The maximum Gasteiger partial charge on any atom is 0.416 e. The van der Waals surface area contributed by atoms with Gasteiger partial charge in [-0.3, -0.25) is 14.5 Å². The molecule has 0 unspecified atom stereocenters. The summed E-state index contributed by atoms with van der Waals surface area (Å²) in [6.45, 7) is 5.00. The summed E-state index contributed by atoms with van der Waals surface area (Å²) in [7, 11) is 0. The van der Waals surface area contributed by atoms with Gasteiger partial charge in [0.2, 0.25) is 5.91 Å². The second-order valence-corrected chi connectivity index (χ2v) is 7.02. The van der Waals surface area contributed by atoms with E-state index in [-0.39, 0.29) is 5.56 Å². The summed E-state index contributed by atoms with van der Waals surface area (Å²) in [4.78, 5) is 37.5. The number of nitrogens with one attached hydrogen (secondary N) is 2. The van der Waals surface area contributed by atoms with E-state index in [0.717, 1.165) is 18.6 Å². The molecule has 0 radical (unpaired) electrons. The van der Waals surface area contributed by atoms with Gasteiger partial charge < -0.3 is 10.6 Å². The highest BCUT2D eigenvalue weighted by Crippen LogP contribution is 2.39. The van der Waals surface area contributed by atoms with Gasteiger partial charge in [-0.25, -0.2) is 4.79 Å². The van der Waals surface area contributed by atoms with Crippen molar-refractivity contribution in [3.05, 3.63) is 35.4 Å². The lowest BCUT2D eigenvalue weighted by Crippen LogP contribution is -2.44. The molecule has 4 amide bonds. The predicted octanol–water partition coefficient (Wildman–Crippen LogP) is 2.63. The van der Waals surface area contributed by atoms with Crippen molar-refractivity contribution >= 4 is 17.8 Å². The van der Waals surface area contributed by atoms with E-state index in [1.165, 1.54) is 19.1 Å². The van der Waals surface area contributed by atoms with Gasteiger partial charge in [-0.05, 0) is 30.9 Å². The van der Waals surface area contributed by atoms with Crippen LogP contribution in [0.5, 0.6) is 0 Å². The minimum Gasteiger partial charge on any atom is -0.355 e. The first-order chi connectivity index (χ1) is 12.5. The summed E-state index contributed by atoms with van der Waals surface area (Å²) < 4.78 is 39.9. The number of hydrogen-bond acceptors (Lipinski definition) is 3. The van der Waals surface area contributed by atoms with Crippen molar-refractivity contribution in [2.45, 2.75) is 38.9 Å². The average Bonchev–Trinajstić information content (AvgIpc) is 2.78. The highest BCUT2D eigenvalue weighted by Gasteiger charge is 2.52. The Kier molecular flexibility index (Phi) is 5.82. The number of carbonyl (C=O) groups is 3. The van der Waals surface area contributed by atoms with Crippen LogP contribution in [0.25, 0.3) is 0 Å². The van der Waals surface area contributed by atoms with Crippen LogP contribution in [0.15, 0.2) is 24.3 Å². The molecule has 0 spiro atoms. The Bertz CT molecular complexity index is 749. The second-order valence-electron chi connectivity index (χ2n) is 7.02. The Hall–Kier alpha value is -2.58. The highest BCUT2D eigenvalue weighted by molar-refractivity contribution is 6.09. The third kappa shape index (κ3) is 4.40. The van der Waals surface area contributed by atoms with E-state index in [2.05, 4.69) is 10.6 Å². The summed E-state index contributed by atoms with van der Waals surface area (Å²) in [6.07, 6.45) is -3.96. The molecule has 1 heterocycles. The molecular formula is C18H22F3N3O3. The Morgan fingerprint density at radius 1 is 1.26 bits per heavy atom. The largest absolute Gasteiger partial charge is 0.416 e. The molecule has 1 aromatic rings. The lowest BCUT2D eigenvalue weighted by atomic mass is 9.87. The summed E-state index contributed by atoms with van der Waals surface area (Å²) in [6, 6.07) is 3.65. The van der Waals surface area contributed by atoms with Crippen molar-refractivity contribution in [2.75, 3.05) is 13.1 Å². The van der Waals surface area contributed by atoms with Gasteiger partial charge in [0.25, 0.3) is 5.91 Å². The van der Waals surface area contributed by atoms with E-state index < -0.39 is 41.7 Å². The minimum absolute atomic E-state index is 0.362. The van der Waals surface area contributed by atoms with E-state index in [1.54, 1.807) is 0 Å². The average molecular weight is 385 g/mol. The molecule has 0 saturated carbocycles. The van der Waals surface area contributed by atoms with Crippen LogP contribution in [0.3, 0.4) is 0 Å². The fourth-order valence-corrected chi connectivity index (χ4v) is 2.89. The number of hydrogen-bond donors (Lipinski definition) is 2. The molecule has 1 aliphatic heterocycles. The van der Waals surface area contributed by atoms with Gasteiger partial charge in [0.1, 0.15) is 12.1 Å². The zero-order chi connectivity index (χ0) is 20.4. The third-order valence-electron chi connectivity index (χ3n) is 4.39. The van der Waals surface area contributed by atoms with E-state index in [9.17, 15) is 27.6 Å². The predicted molar refractivity (Wildman–Crippen MR) is 91.5 cm³/mol. The molecule has 27 heavy (non-hydrogen) atoms. The number of halogens is 3. The van der Waals surface area contributed by atoms with E-state index in [1.807, 2.05) is 13.8 Å². The monoisotopic (exact) mass is 385 g/mol. The van der Waals surface area contributed by atoms with Gasteiger partial charge in [0, 0.05) is 6.54 Å². The number of rotatable bonds is 6. The topological polar surface area (TPSA) is 78.5 Å². The SMILES string of the molecule is CC(C)CCNC(=O)CN1C(=O)N[C@](C)(c2ccccc2C(F)(F)F)C1=O. The molecular weight excluding hydrogens is 363 g/mol. The number of amides is 4. The van der Waals surface area contributed by atoms with Crippen molar-refractivity contribution in [1.82, 2.24) is 15.5 Å². The van der Waals surface area contributed by atoms with Gasteiger partial charge in [0.05, 0.1) is 5.56 Å². The van der Waals surface area contributed by atoms with Crippen molar-refractivity contribution < 1.29 is 27.6 Å². The van der Waals surface area contributed by atoms with Crippen molar-refractivity contribution in [2.24, 2.45) is 5.92 Å². The normalized spacial score (nSPS) is 20.2. The number of imide groups is 1. The Morgan fingerprint density at radius 2 is 1.89 bits per heavy atom. The molecule has 9 heteroatoms. The third-order valence-corrected chi connectivity index (χ3v) is 4.39. The lowest BCUT2D eigenvalue weighted by molar-refractivity contribution is -0.140. The van der Waals surface area contributed by atoms with E-state index in [4.69, 9.17) is 0 Å². The van der Waals surface area contributed by atoms with Crippen LogP contribution >= 0.6 is 0 Å². The molecule has 1 saturated heterocycles. The molecule has 0 bridgehead atoms. The van der Waals surface area contributed by atoms with Crippen LogP contribution in [-0.4, -0.2) is 35.8 Å². The second kappa shape index (κ2) is 7.58. The van der Waals surface area contributed by atoms with Gasteiger partial charge in [-0.1, -0.05) is 32.0 Å². The summed E-state index contributed by atoms with van der Waals surface area (Å²) >= 11 is 0. The van der Waals surface area contributed by atoms with Crippen molar-refractivity contribution in [3.63, 3.8) is 0 Å². The molecule has 0 aromatic heterocycles. The van der Waals surface area contributed by atoms with Crippen LogP contribution in [0.2, 0.25) is 0 Å². The molecule has 1 atom stereocenters. The fourth-order valence-electron chi connectivity index (χ4n) is 2.89. The van der Waals surface area contributed by atoms with Gasteiger partial charge in [-0.2, -0.15) is 13.2 Å². The smallest absolute Gasteiger partial charge is 0.355 e. The first-order valence-electron chi connectivity index (χ1n) is 8.54. The Balaban J connectivity index is 2.21. The van der Waals surface area contributed by atoms with Gasteiger partial charge in [-0.15, -0.1) is 0 Å². The van der Waals surface area contributed by atoms with Crippen LogP contribution < -0.4 is 10.6 Å². The number of nitrogens with zero attached hydrogens (tertiary/aromatic N) is 1. The molecule has 6 nitrogen and oxygen atoms in total. The van der Waals surface area contributed by atoms with Crippen LogP contribution in [0, 0.1) is 5.92 Å². The van der Waals surface area contributed by atoms with Crippen LogP contribution in [0.4, 0.5) is 18.0 Å². The highest BCUT2D eigenvalue weighted by atomic mass is 19.4. The minimum atomic E-state index is -4.69. The molecule has 1 aromatic carbocycles. The standard InChI is InChI=1S/C18H22F3N3O3/c1-11(2)8-9-22-14(25)10-24-15(26)17(3,23-16(24)27)12-6-4-5-7-13(12)18(19,20)21/h4-7,11H,8-10H2,1-3H3,(H,22,25)(H,23,27)/t17-/m1/s1.